The fraction of sp³-hybridized carbons (Fsp3) is 0.952. The van der Waals surface area contributed by atoms with Gasteiger partial charge in [-0.2, -0.15) is 0 Å². The van der Waals surface area contributed by atoms with Crippen LogP contribution in [0.1, 0.15) is 74.7 Å². The van der Waals surface area contributed by atoms with Gasteiger partial charge in [0.2, 0.25) is 5.41 Å². The number of rotatable bonds is 19. The van der Waals surface area contributed by atoms with Gasteiger partial charge >= 0.3 is 8.80 Å². The molecule has 0 saturated carbocycles. The predicted octanol–water partition coefficient (Wildman–Crippen LogP) is 3.73. The van der Waals surface area contributed by atoms with Crippen molar-refractivity contribution in [3.63, 3.8) is 0 Å². The van der Waals surface area contributed by atoms with Gasteiger partial charge in [-0.15, -0.1) is 0 Å². The van der Waals surface area contributed by atoms with Crippen LogP contribution >= 0.6 is 0 Å². The van der Waals surface area contributed by atoms with Gasteiger partial charge in [0.05, 0.1) is 0 Å². The summed E-state index contributed by atoms with van der Waals surface area (Å²) in [7, 11) is 0.412. The maximum atomic E-state index is 13.4. The van der Waals surface area contributed by atoms with Crippen LogP contribution < -0.4 is 0 Å². The van der Waals surface area contributed by atoms with Crippen molar-refractivity contribution in [2.24, 2.45) is 0 Å². The average molecular weight is 485 g/mol. The summed E-state index contributed by atoms with van der Waals surface area (Å²) in [5.41, 5.74) is 0. The van der Waals surface area contributed by atoms with Crippen LogP contribution in [0, 0.1) is 0 Å². The molecule has 0 N–H and O–H groups in total. The first-order valence-corrected chi connectivity index (χ1v) is 12.8. The zero-order valence-corrected chi connectivity index (χ0v) is 22.6. The molecule has 0 aromatic heterocycles. The molecule has 0 radical (unpaired) electrons. The van der Waals surface area contributed by atoms with Crippen LogP contribution in [0.3, 0.4) is 0 Å². The van der Waals surface area contributed by atoms with E-state index in [0.29, 0.717) is 12.8 Å². The third-order valence-corrected chi connectivity index (χ3v) is 7.55. The first-order valence-electron chi connectivity index (χ1n) is 11.1. The second-order valence-corrected chi connectivity index (χ2v) is 9.84. The highest BCUT2D eigenvalue weighted by molar-refractivity contribution is 6.92. The zero-order valence-electron chi connectivity index (χ0n) is 21.6. The Bertz CT molecular complexity index is 503. The quantitative estimate of drug-likeness (QED) is 0.199. The Labute approximate surface area is 194 Å². The van der Waals surface area contributed by atoms with Gasteiger partial charge in [0.25, 0.3) is 0 Å². The topological polar surface area (TPSA) is 100 Å². The number of carbonyl (C=O) groups is 1. The molecule has 0 spiro atoms. The molecule has 6 atom stereocenters. The molecule has 10 nitrogen and oxygen atoms in total. The normalized spacial score (nSPS) is 20.6. The van der Waals surface area contributed by atoms with E-state index in [0.717, 1.165) is 0 Å². The molecular weight excluding hydrogens is 440 g/mol. The van der Waals surface area contributed by atoms with Gasteiger partial charge in [-0.1, -0.05) is 13.8 Å². The lowest BCUT2D eigenvalue weighted by atomic mass is 10.2. The van der Waals surface area contributed by atoms with Gasteiger partial charge in [0, 0.05) is 27.8 Å². The van der Waals surface area contributed by atoms with E-state index in [9.17, 15) is 4.79 Å². The van der Waals surface area contributed by atoms with E-state index >= 15 is 0 Å². The molecule has 0 aromatic carbocycles. The Hall–Kier alpha value is -0.473. The van der Waals surface area contributed by atoms with Gasteiger partial charge in [-0.05, 0) is 54.4 Å². The summed E-state index contributed by atoms with van der Waals surface area (Å²) in [6.45, 7) is 13.9. The molecule has 192 valence electrons. The zero-order chi connectivity index (χ0) is 24.9. The monoisotopic (exact) mass is 484 g/mol. The first-order chi connectivity index (χ1) is 14.9. The largest absolute Gasteiger partial charge is 0.580 e. The SMILES string of the molecule is CCCC(=O)[Si](OC(C)OC(C)OC)(OC(C)OC(C)OC)OC(C)(CC)OC(C)OC. The van der Waals surface area contributed by atoms with Gasteiger partial charge in [0.1, 0.15) is 0 Å². The van der Waals surface area contributed by atoms with E-state index < -0.39 is 46.0 Å². The third kappa shape index (κ3) is 11.1. The molecule has 0 aliphatic heterocycles. The van der Waals surface area contributed by atoms with Crippen LogP contribution in [0.15, 0.2) is 0 Å². The lowest BCUT2D eigenvalue weighted by molar-refractivity contribution is -0.289. The number of methoxy groups -OCH3 is 3. The van der Waals surface area contributed by atoms with Gasteiger partial charge in [0.15, 0.2) is 37.2 Å². The lowest BCUT2D eigenvalue weighted by Crippen LogP contribution is -2.62. The maximum Gasteiger partial charge on any atom is 0.580 e. The van der Waals surface area contributed by atoms with Crippen LogP contribution in [0.25, 0.3) is 0 Å². The Kier molecular flexibility index (Phi) is 15.2. The molecule has 0 bridgehead atoms. The lowest BCUT2D eigenvalue weighted by Gasteiger charge is -2.40. The maximum absolute atomic E-state index is 13.4. The second kappa shape index (κ2) is 15.4. The Morgan fingerprint density at radius 3 is 1.56 bits per heavy atom. The molecule has 0 amide bonds. The molecule has 0 saturated heterocycles. The van der Waals surface area contributed by atoms with Crippen LogP contribution in [-0.4, -0.2) is 72.8 Å². The summed E-state index contributed by atoms with van der Waals surface area (Å²) in [6.07, 6.45) is -2.30. The number of ether oxygens (including phenoxy) is 6. The summed E-state index contributed by atoms with van der Waals surface area (Å²) < 4.78 is 51.4. The Morgan fingerprint density at radius 1 is 0.781 bits per heavy atom. The van der Waals surface area contributed by atoms with Crippen molar-refractivity contribution in [1.82, 2.24) is 0 Å². The predicted molar refractivity (Wildman–Crippen MR) is 119 cm³/mol. The van der Waals surface area contributed by atoms with Gasteiger partial charge in [-0.3, -0.25) is 4.79 Å². The summed E-state index contributed by atoms with van der Waals surface area (Å²) >= 11 is 0. The molecule has 11 heteroatoms. The van der Waals surface area contributed by atoms with E-state index in [1.54, 1.807) is 41.5 Å². The molecule has 32 heavy (non-hydrogen) atoms. The third-order valence-electron chi connectivity index (χ3n) is 4.63. The van der Waals surface area contributed by atoms with Crippen molar-refractivity contribution >= 4 is 14.2 Å². The molecule has 0 aliphatic rings. The van der Waals surface area contributed by atoms with E-state index in [-0.39, 0.29) is 11.8 Å². The molecule has 0 aromatic rings. The van der Waals surface area contributed by atoms with E-state index in [1.807, 2.05) is 13.8 Å². The number of hydrogen-bond donors (Lipinski definition) is 0. The van der Waals surface area contributed by atoms with E-state index in [4.69, 9.17) is 41.7 Å². The number of carbonyl (C=O) groups excluding carboxylic acids is 1. The molecule has 0 rings (SSSR count). The van der Waals surface area contributed by atoms with Crippen molar-refractivity contribution in [2.45, 2.75) is 112 Å². The summed E-state index contributed by atoms with van der Waals surface area (Å²) in [6, 6.07) is 0. The molecule has 6 unspecified atom stereocenters. The summed E-state index contributed by atoms with van der Waals surface area (Å²) in [5.74, 6) is -1.23. The minimum Gasteiger partial charge on any atom is -0.356 e. The smallest absolute Gasteiger partial charge is 0.356 e. The minimum absolute atomic E-state index is 0.185. The standard InChI is InChI=1S/C21H44O10Si/c1-12-14-20(22)32(29-18(6)26-15(3)23-9,30-19(7)27-16(4)24-10)31-21(8,13-2)28-17(5)25-11/h15-19H,12-14H2,1-11H3. The van der Waals surface area contributed by atoms with Crippen molar-refractivity contribution in [2.75, 3.05) is 21.3 Å². The van der Waals surface area contributed by atoms with Crippen LogP contribution in [-0.2, 0) is 46.5 Å². The second-order valence-electron chi connectivity index (χ2n) is 7.49. The van der Waals surface area contributed by atoms with Crippen LogP contribution in [0.2, 0.25) is 0 Å². The molecular formula is C21H44O10Si. The van der Waals surface area contributed by atoms with Crippen LogP contribution in [0.4, 0.5) is 0 Å². The Balaban J connectivity index is 6.16. The summed E-state index contributed by atoms with van der Waals surface area (Å²) in [5, 5.41) is -0.311. The van der Waals surface area contributed by atoms with Crippen molar-refractivity contribution in [3.05, 3.63) is 0 Å². The summed E-state index contributed by atoms with van der Waals surface area (Å²) in [4.78, 5) is 13.4. The highest BCUT2D eigenvalue weighted by Crippen LogP contribution is 2.30. The average Bonchev–Trinajstić information content (AvgIpc) is 2.72. The van der Waals surface area contributed by atoms with Crippen molar-refractivity contribution in [3.8, 4) is 0 Å². The fourth-order valence-corrected chi connectivity index (χ4v) is 5.48. The van der Waals surface area contributed by atoms with Crippen LogP contribution in [0.5, 0.6) is 0 Å². The molecule has 0 heterocycles. The Morgan fingerprint density at radius 2 is 1.22 bits per heavy atom. The molecule has 0 aliphatic carbocycles. The van der Waals surface area contributed by atoms with Crippen molar-refractivity contribution < 1.29 is 46.5 Å². The van der Waals surface area contributed by atoms with E-state index in [2.05, 4.69) is 0 Å². The highest BCUT2D eigenvalue weighted by Gasteiger charge is 2.57. The molecule has 0 fully saturated rings. The van der Waals surface area contributed by atoms with E-state index in [1.165, 1.54) is 21.3 Å². The van der Waals surface area contributed by atoms with Gasteiger partial charge in [-0.25, -0.2) is 0 Å². The highest BCUT2D eigenvalue weighted by atomic mass is 28.4. The minimum atomic E-state index is -4.12. The van der Waals surface area contributed by atoms with Gasteiger partial charge < -0.3 is 41.7 Å². The van der Waals surface area contributed by atoms with Crippen molar-refractivity contribution in [1.29, 1.82) is 0 Å². The number of hydrogen-bond acceptors (Lipinski definition) is 10. The first kappa shape index (κ1) is 31.5. The fourth-order valence-electron chi connectivity index (χ4n) is 2.65.